The molecule has 1 heterocycles. The van der Waals surface area contributed by atoms with Crippen molar-refractivity contribution >= 4 is 34.8 Å². The van der Waals surface area contributed by atoms with Crippen LogP contribution in [-0.4, -0.2) is 25.5 Å². The molecule has 1 aliphatic rings. The largest absolute Gasteiger partial charge is 0.495 e. The number of anilines is 1. The van der Waals surface area contributed by atoms with Gasteiger partial charge in [-0.25, -0.2) is 4.90 Å². The fourth-order valence-electron chi connectivity index (χ4n) is 3.38. The first kappa shape index (κ1) is 20.8. The number of imide groups is 1. The Morgan fingerprint density at radius 1 is 0.839 bits per heavy atom. The first-order valence-electron chi connectivity index (χ1n) is 9.86. The number of para-hydroxylation sites is 2. The second-order valence-corrected chi connectivity index (χ2v) is 7.78. The third-order valence-electron chi connectivity index (χ3n) is 4.78. The molecule has 0 aliphatic carbocycles. The van der Waals surface area contributed by atoms with Crippen molar-refractivity contribution in [3.63, 3.8) is 0 Å². The van der Waals surface area contributed by atoms with Gasteiger partial charge >= 0.3 is 0 Å². The summed E-state index contributed by atoms with van der Waals surface area (Å²) in [5.41, 5.74) is 1.46. The lowest BCUT2D eigenvalue weighted by atomic mass is 10.1. The highest BCUT2D eigenvalue weighted by Crippen LogP contribution is 2.43. The SMILES string of the molecule is CCOc1ccc(C2=C(Sc3ccccc3)C(=O)N(c3ccccc3OC)C2=O)cc1. The number of ether oxygens (including phenoxy) is 2. The fourth-order valence-corrected chi connectivity index (χ4v) is 4.40. The van der Waals surface area contributed by atoms with E-state index in [0.717, 1.165) is 4.90 Å². The number of benzene rings is 3. The molecule has 2 amide bonds. The molecular weight excluding hydrogens is 410 g/mol. The van der Waals surface area contributed by atoms with Crippen LogP contribution in [0.1, 0.15) is 12.5 Å². The lowest BCUT2D eigenvalue weighted by molar-refractivity contribution is -0.119. The summed E-state index contributed by atoms with van der Waals surface area (Å²) in [5.74, 6) is 0.424. The molecule has 0 radical (unpaired) electrons. The van der Waals surface area contributed by atoms with E-state index in [1.165, 1.54) is 23.8 Å². The maximum absolute atomic E-state index is 13.5. The fraction of sp³-hybridized carbons (Fsp3) is 0.120. The summed E-state index contributed by atoms with van der Waals surface area (Å²) in [5, 5.41) is 0. The van der Waals surface area contributed by atoms with Gasteiger partial charge in [0.2, 0.25) is 0 Å². The minimum atomic E-state index is -0.378. The Bertz CT molecular complexity index is 1140. The standard InChI is InChI=1S/C25H21NO4S/c1-3-30-18-15-13-17(14-16-18)22-23(31-19-9-5-4-6-10-19)25(28)26(24(22)27)20-11-7-8-12-21(20)29-2/h4-16H,3H2,1-2H3. The molecule has 0 N–H and O–H groups in total. The molecule has 0 saturated carbocycles. The minimum absolute atomic E-state index is 0.368. The van der Waals surface area contributed by atoms with Crippen LogP contribution < -0.4 is 14.4 Å². The van der Waals surface area contributed by atoms with E-state index in [0.29, 0.717) is 39.8 Å². The molecule has 0 bridgehead atoms. The highest BCUT2D eigenvalue weighted by atomic mass is 32.2. The Balaban J connectivity index is 1.81. The predicted molar refractivity (Wildman–Crippen MR) is 122 cm³/mol. The zero-order chi connectivity index (χ0) is 21.8. The number of carbonyl (C=O) groups is 2. The number of rotatable bonds is 7. The number of carbonyl (C=O) groups excluding carboxylic acids is 2. The van der Waals surface area contributed by atoms with Gasteiger partial charge in [-0.2, -0.15) is 0 Å². The van der Waals surface area contributed by atoms with Crippen molar-refractivity contribution in [1.82, 2.24) is 0 Å². The van der Waals surface area contributed by atoms with Gasteiger partial charge in [-0.3, -0.25) is 9.59 Å². The Hall–Kier alpha value is -3.51. The Labute approximate surface area is 185 Å². The van der Waals surface area contributed by atoms with E-state index in [1.54, 1.807) is 36.4 Å². The van der Waals surface area contributed by atoms with Gasteiger partial charge in [0.15, 0.2) is 0 Å². The van der Waals surface area contributed by atoms with E-state index in [-0.39, 0.29) is 11.8 Å². The van der Waals surface area contributed by atoms with Gasteiger partial charge in [-0.05, 0) is 48.9 Å². The number of hydrogen-bond donors (Lipinski definition) is 0. The number of thioether (sulfide) groups is 1. The second kappa shape index (κ2) is 9.10. The minimum Gasteiger partial charge on any atom is -0.495 e. The molecule has 3 aromatic rings. The average molecular weight is 432 g/mol. The Kier molecular flexibility index (Phi) is 6.09. The molecule has 3 aromatic carbocycles. The monoisotopic (exact) mass is 431 g/mol. The summed E-state index contributed by atoms with van der Waals surface area (Å²) in [7, 11) is 1.52. The van der Waals surface area contributed by atoms with Crippen LogP contribution in [0.2, 0.25) is 0 Å². The maximum Gasteiger partial charge on any atom is 0.273 e. The van der Waals surface area contributed by atoms with Crippen LogP contribution in [0.4, 0.5) is 5.69 Å². The summed E-state index contributed by atoms with van der Waals surface area (Å²) in [4.78, 5) is 29.5. The average Bonchev–Trinajstić information content (AvgIpc) is 3.04. The highest BCUT2D eigenvalue weighted by molar-refractivity contribution is 8.04. The van der Waals surface area contributed by atoms with Crippen LogP contribution >= 0.6 is 11.8 Å². The summed E-state index contributed by atoms with van der Waals surface area (Å²) in [6, 6.07) is 23.8. The van der Waals surface area contributed by atoms with Crippen LogP contribution in [0, 0.1) is 0 Å². The number of amides is 2. The van der Waals surface area contributed by atoms with Crippen molar-refractivity contribution in [3.8, 4) is 11.5 Å². The van der Waals surface area contributed by atoms with Crippen molar-refractivity contribution in [3.05, 3.63) is 89.3 Å². The van der Waals surface area contributed by atoms with Gasteiger partial charge in [-0.15, -0.1) is 0 Å². The number of nitrogens with zero attached hydrogens (tertiary/aromatic N) is 1. The van der Waals surface area contributed by atoms with E-state index < -0.39 is 0 Å². The first-order chi connectivity index (χ1) is 15.1. The maximum atomic E-state index is 13.5. The molecule has 0 fully saturated rings. The second-order valence-electron chi connectivity index (χ2n) is 6.69. The molecule has 1 aliphatic heterocycles. The number of methoxy groups -OCH3 is 1. The topological polar surface area (TPSA) is 55.8 Å². The summed E-state index contributed by atoms with van der Waals surface area (Å²) in [6.07, 6.45) is 0. The van der Waals surface area contributed by atoms with Gasteiger partial charge in [0.05, 0.1) is 29.9 Å². The van der Waals surface area contributed by atoms with E-state index in [4.69, 9.17) is 9.47 Å². The third kappa shape index (κ3) is 4.07. The zero-order valence-corrected chi connectivity index (χ0v) is 18.0. The third-order valence-corrected chi connectivity index (χ3v) is 5.88. The normalized spacial score (nSPS) is 13.7. The Morgan fingerprint density at radius 2 is 1.52 bits per heavy atom. The molecule has 5 nitrogen and oxygen atoms in total. The van der Waals surface area contributed by atoms with E-state index in [1.807, 2.05) is 49.4 Å². The van der Waals surface area contributed by atoms with E-state index >= 15 is 0 Å². The molecule has 0 saturated heterocycles. The first-order valence-corrected chi connectivity index (χ1v) is 10.7. The Morgan fingerprint density at radius 3 is 2.19 bits per heavy atom. The predicted octanol–water partition coefficient (Wildman–Crippen LogP) is 5.17. The van der Waals surface area contributed by atoms with E-state index in [2.05, 4.69) is 0 Å². The van der Waals surface area contributed by atoms with Crippen molar-refractivity contribution in [2.24, 2.45) is 0 Å². The van der Waals surface area contributed by atoms with Crippen LogP contribution in [0.25, 0.3) is 5.57 Å². The van der Waals surface area contributed by atoms with Gasteiger partial charge in [0.1, 0.15) is 11.5 Å². The molecule has 31 heavy (non-hydrogen) atoms. The molecule has 0 unspecified atom stereocenters. The van der Waals surface area contributed by atoms with Crippen LogP contribution in [0.5, 0.6) is 11.5 Å². The molecule has 6 heteroatoms. The lowest BCUT2D eigenvalue weighted by Crippen LogP contribution is -2.31. The molecule has 4 rings (SSSR count). The number of hydrogen-bond acceptors (Lipinski definition) is 5. The van der Waals surface area contributed by atoms with Gasteiger partial charge in [-0.1, -0.05) is 54.2 Å². The highest BCUT2D eigenvalue weighted by Gasteiger charge is 2.41. The van der Waals surface area contributed by atoms with Crippen LogP contribution in [0.15, 0.2) is 88.7 Å². The van der Waals surface area contributed by atoms with Gasteiger partial charge in [0, 0.05) is 4.90 Å². The summed E-state index contributed by atoms with van der Waals surface area (Å²) in [6.45, 7) is 2.46. The molecular formula is C25H21NO4S. The zero-order valence-electron chi connectivity index (χ0n) is 17.2. The quantitative estimate of drug-likeness (QED) is 0.483. The van der Waals surface area contributed by atoms with Crippen molar-refractivity contribution in [2.75, 3.05) is 18.6 Å². The van der Waals surface area contributed by atoms with Crippen molar-refractivity contribution in [2.45, 2.75) is 11.8 Å². The van der Waals surface area contributed by atoms with Crippen molar-refractivity contribution < 1.29 is 19.1 Å². The van der Waals surface area contributed by atoms with Gasteiger partial charge < -0.3 is 9.47 Å². The van der Waals surface area contributed by atoms with Crippen LogP contribution in [-0.2, 0) is 9.59 Å². The summed E-state index contributed by atoms with van der Waals surface area (Å²) >= 11 is 1.29. The molecule has 0 atom stereocenters. The van der Waals surface area contributed by atoms with Crippen molar-refractivity contribution in [1.29, 1.82) is 0 Å². The molecule has 0 spiro atoms. The summed E-state index contributed by atoms with van der Waals surface area (Å²) < 4.78 is 10.9. The van der Waals surface area contributed by atoms with Gasteiger partial charge in [0.25, 0.3) is 11.8 Å². The van der Waals surface area contributed by atoms with Crippen LogP contribution in [0.3, 0.4) is 0 Å². The van der Waals surface area contributed by atoms with E-state index in [9.17, 15) is 9.59 Å². The lowest BCUT2D eigenvalue weighted by Gasteiger charge is -2.18. The smallest absolute Gasteiger partial charge is 0.273 e. The molecule has 0 aromatic heterocycles. The molecule has 156 valence electrons.